The zero-order chi connectivity index (χ0) is 26.6. The summed E-state index contributed by atoms with van der Waals surface area (Å²) in [5, 5.41) is 8.10. The van der Waals surface area contributed by atoms with E-state index in [1.54, 1.807) is 0 Å². The number of benzene rings is 3. The molecule has 1 saturated heterocycles. The van der Waals surface area contributed by atoms with Crippen molar-refractivity contribution in [3.63, 3.8) is 0 Å². The van der Waals surface area contributed by atoms with Crippen LogP contribution in [0.4, 0.5) is 11.5 Å². The summed E-state index contributed by atoms with van der Waals surface area (Å²) in [6.07, 6.45) is 0.975. The molecule has 3 heterocycles. The van der Waals surface area contributed by atoms with E-state index in [0.29, 0.717) is 5.56 Å². The molecule has 1 aliphatic rings. The van der Waals surface area contributed by atoms with Crippen LogP contribution in [0.15, 0.2) is 97.1 Å². The van der Waals surface area contributed by atoms with Crippen molar-refractivity contribution in [3.05, 3.63) is 114 Å². The molecule has 7 heteroatoms. The zero-order valence-corrected chi connectivity index (χ0v) is 22.1. The highest BCUT2D eigenvalue weighted by Gasteiger charge is 2.20. The summed E-state index contributed by atoms with van der Waals surface area (Å²) < 4.78 is 1.82. The number of aromatic nitrogens is 3. The van der Waals surface area contributed by atoms with Crippen LogP contribution in [0, 0.1) is 6.92 Å². The Morgan fingerprint density at radius 2 is 1.59 bits per heavy atom. The second kappa shape index (κ2) is 11.1. The zero-order valence-electron chi connectivity index (χ0n) is 22.1. The normalized spacial score (nSPS) is 14.3. The third-order valence-electron chi connectivity index (χ3n) is 7.15. The highest BCUT2D eigenvalue weighted by Crippen LogP contribution is 2.25. The van der Waals surface area contributed by atoms with Gasteiger partial charge in [0.25, 0.3) is 5.91 Å². The van der Waals surface area contributed by atoms with E-state index in [1.807, 2.05) is 77.0 Å². The minimum absolute atomic E-state index is 0.0866. The molecule has 6 rings (SSSR count). The van der Waals surface area contributed by atoms with Crippen molar-refractivity contribution in [3.8, 4) is 11.3 Å². The van der Waals surface area contributed by atoms with Crippen LogP contribution in [0.3, 0.4) is 0 Å². The van der Waals surface area contributed by atoms with Gasteiger partial charge in [0.1, 0.15) is 5.82 Å². The van der Waals surface area contributed by atoms with E-state index < -0.39 is 0 Å². The van der Waals surface area contributed by atoms with Crippen LogP contribution in [0.1, 0.15) is 28.0 Å². The highest BCUT2D eigenvalue weighted by molar-refractivity contribution is 5.94. The molecular formula is C32H32N6O. The Morgan fingerprint density at radius 3 is 2.36 bits per heavy atom. The van der Waals surface area contributed by atoms with E-state index in [-0.39, 0.29) is 5.91 Å². The molecule has 2 aromatic heterocycles. The number of nitrogens with one attached hydrogen (secondary N) is 1. The number of rotatable bonds is 6. The molecule has 1 fully saturated rings. The average Bonchev–Trinajstić information content (AvgIpc) is 3.20. The lowest BCUT2D eigenvalue weighted by Crippen LogP contribution is -2.35. The van der Waals surface area contributed by atoms with Gasteiger partial charge >= 0.3 is 0 Å². The average molecular weight is 517 g/mol. The Bertz CT molecular complexity index is 1560. The smallest absolute Gasteiger partial charge is 0.253 e. The summed E-state index contributed by atoms with van der Waals surface area (Å²) >= 11 is 0. The Labute approximate surface area is 228 Å². The first-order valence-electron chi connectivity index (χ1n) is 13.5. The highest BCUT2D eigenvalue weighted by atomic mass is 16.2. The molecule has 0 saturated carbocycles. The fourth-order valence-corrected chi connectivity index (χ4v) is 5.14. The largest absolute Gasteiger partial charge is 0.340 e. The second-order valence-corrected chi connectivity index (χ2v) is 10.1. The van der Waals surface area contributed by atoms with E-state index >= 15 is 0 Å². The molecule has 0 aliphatic carbocycles. The summed E-state index contributed by atoms with van der Waals surface area (Å²) in [6, 6.07) is 32.4. The maximum Gasteiger partial charge on any atom is 0.253 e. The van der Waals surface area contributed by atoms with E-state index in [4.69, 9.17) is 4.98 Å². The minimum atomic E-state index is 0.0866. The Balaban J connectivity index is 1.15. The summed E-state index contributed by atoms with van der Waals surface area (Å²) in [5.74, 6) is 0.903. The fourth-order valence-electron chi connectivity index (χ4n) is 5.14. The van der Waals surface area contributed by atoms with Gasteiger partial charge in [-0.15, -0.1) is 0 Å². The van der Waals surface area contributed by atoms with Gasteiger partial charge in [-0.1, -0.05) is 60.7 Å². The number of anilines is 2. The summed E-state index contributed by atoms with van der Waals surface area (Å²) in [6.45, 7) is 6.28. The van der Waals surface area contributed by atoms with Crippen LogP contribution >= 0.6 is 0 Å². The number of fused-ring (bicyclic) bond motifs is 1. The topological polar surface area (TPSA) is 65.8 Å². The second-order valence-electron chi connectivity index (χ2n) is 10.1. The first kappa shape index (κ1) is 24.8. The van der Waals surface area contributed by atoms with Crippen molar-refractivity contribution in [2.45, 2.75) is 19.9 Å². The molecule has 196 valence electrons. The van der Waals surface area contributed by atoms with Crippen molar-refractivity contribution in [1.29, 1.82) is 0 Å². The van der Waals surface area contributed by atoms with Gasteiger partial charge in [0.2, 0.25) is 0 Å². The predicted octanol–water partition coefficient (Wildman–Crippen LogP) is 5.80. The quantitative estimate of drug-likeness (QED) is 0.309. The SMILES string of the molecule is Cc1cc2nc(-c3ccccc3)cc(Nc3ccc(C(=O)N4CCCN(Cc5ccccc5)CC4)cc3)n2n1. The van der Waals surface area contributed by atoms with Crippen LogP contribution in [-0.4, -0.2) is 56.5 Å². The van der Waals surface area contributed by atoms with Gasteiger partial charge in [0.15, 0.2) is 5.65 Å². The summed E-state index contributed by atoms with van der Waals surface area (Å²) in [7, 11) is 0. The van der Waals surface area contributed by atoms with Gasteiger partial charge in [-0.3, -0.25) is 9.69 Å². The number of amides is 1. The summed E-state index contributed by atoms with van der Waals surface area (Å²) in [4.78, 5) is 22.6. The molecule has 0 radical (unpaired) electrons. The molecule has 1 amide bonds. The molecule has 0 bridgehead atoms. The first-order chi connectivity index (χ1) is 19.1. The molecule has 39 heavy (non-hydrogen) atoms. The van der Waals surface area contributed by atoms with Gasteiger partial charge in [-0.2, -0.15) is 9.61 Å². The van der Waals surface area contributed by atoms with Gasteiger partial charge in [0.05, 0.1) is 11.4 Å². The number of carbonyl (C=O) groups excluding carboxylic acids is 1. The fraction of sp³-hybridized carbons (Fsp3) is 0.219. The number of carbonyl (C=O) groups is 1. The van der Waals surface area contributed by atoms with Crippen LogP contribution in [0.25, 0.3) is 16.9 Å². The maximum absolute atomic E-state index is 13.3. The molecule has 0 unspecified atom stereocenters. The Hall–Kier alpha value is -4.49. The van der Waals surface area contributed by atoms with Crippen molar-refractivity contribution < 1.29 is 4.79 Å². The lowest BCUT2D eigenvalue weighted by atomic mass is 10.1. The number of hydrogen-bond acceptors (Lipinski definition) is 5. The number of aryl methyl sites for hydroxylation is 1. The van der Waals surface area contributed by atoms with Crippen LogP contribution in [0.2, 0.25) is 0 Å². The van der Waals surface area contributed by atoms with Crippen molar-refractivity contribution >= 4 is 23.1 Å². The first-order valence-corrected chi connectivity index (χ1v) is 13.5. The van der Waals surface area contributed by atoms with Gasteiger partial charge < -0.3 is 10.2 Å². The van der Waals surface area contributed by atoms with Gasteiger partial charge in [-0.25, -0.2) is 4.98 Å². The summed E-state index contributed by atoms with van der Waals surface area (Å²) in [5.41, 5.74) is 6.51. The van der Waals surface area contributed by atoms with Crippen LogP contribution in [-0.2, 0) is 6.54 Å². The van der Waals surface area contributed by atoms with E-state index in [0.717, 1.165) is 73.2 Å². The Kier molecular flexibility index (Phi) is 7.06. The van der Waals surface area contributed by atoms with Gasteiger partial charge in [0, 0.05) is 61.7 Å². The third kappa shape index (κ3) is 5.68. The molecular weight excluding hydrogens is 484 g/mol. The monoisotopic (exact) mass is 516 g/mol. The Morgan fingerprint density at radius 1 is 0.846 bits per heavy atom. The van der Waals surface area contributed by atoms with E-state index in [2.05, 4.69) is 51.7 Å². The van der Waals surface area contributed by atoms with Crippen LogP contribution in [0.5, 0.6) is 0 Å². The molecule has 1 N–H and O–H groups in total. The molecule has 7 nitrogen and oxygen atoms in total. The standard InChI is InChI=1S/C32H32N6O/c1-24-21-30-34-29(26-11-6-3-7-12-26)22-31(38(30)35-24)33-28-15-13-27(14-16-28)32(39)37-18-8-17-36(19-20-37)23-25-9-4-2-5-10-25/h2-7,9-16,21-22,33H,8,17-20,23H2,1H3. The number of nitrogens with zero attached hydrogens (tertiary/aromatic N) is 5. The molecule has 0 spiro atoms. The third-order valence-corrected chi connectivity index (χ3v) is 7.15. The van der Waals surface area contributed by atoms with E-state index in [9.17, 15) is 4.79 Å². The van der Waals surface area contributed by atoms with Crippen molar-refractivity contribution in [1.82, 2.24) is 24.4 Å². The molecule has 0 atom stereocenters. The lowest BCUT2D eigenvalue weighted by molar-refractivity contribution is 0.0761. The van der Waals surface area contributed by atoms with Crippen LogP contribution < -0.4 is 5.32 Å². The molecule has 1 aliphatic heterocycles. The molecule has 3 aromatic carbocycles. The minimum Gasteiger partial charge on any atom is -0.340 e. The van der Waals surface area contributed by atoms with E-state index in [1.165, 1.54) is 5.56 Å². The lowest BCUT2D eigenvalue weighted by Gasteiger charge is -2.22. The maximum atomic E-state index is 13.3. The molecule has 5 aromatic rings. The van der Waals surface area contributed by atoms with Crippen molar-refractivity contribution in [2.24, 2.45) is 0 Å². The van der Waals surface area contributed by atoms with Crippen molar-refractivity contribution in [2.75, 3.05) is 31.5 Å². The van der Waals surface area contributed by atoms with Gasteiger partial charge in [-0.05, 0) is 43.2 Å². The predicted molar refractivity (Wildman–Crippen MR) is 155 cm³/mol. The number of hydrogen-bond donors (Lipinski definition) is 1.